The summed E-state index contributed by atoms with van der Waals surface area (Å²) in [5.41, 5.74) is 4.74. The van der Waals surface area contributed by atoms with E-state index in [4.69, 9.17) is 9.47 Å². The summed E-state index contributed by atoms with van der Waals surface area (Å²) >= 11 is 0. The third kappa shape index (κ3) is 5.20. The minimum absolute atomic E-state index is 0.232. The first-order chi connectivity index (χ1) is 16.0. The van der Waals surface area contributed by atoms with E-state index in [0.717, 1.165) is 49.3 Å². The van der Waals surface area contributed by atoms with Crippen molar-refractivity contribution in [2.75, 3.05) is 6.54 Å². The third-order valence-corrected chi connectivity index (χ3v) is 7.70. The van der Waals surface area contributed by atoms with Crippen molar-refractivity contribution >= 4 is 5.91 Å². The molecule has 1 saturated heterocycles. The van der Waals surface area contributed by atoms with Crippen molar-refractivity contribution in [2.24, 2.45) is 0 Å². The Morgan fingerprint density at radius 2 is 1.48 bits per heavy atom. The highest BCUT2D eigenvalue weighted by atomic mass is 16.5. The molecule has 0 radical (unpaired) electrons. The summed E-state index contributed by atoms with van der Waals surface area (Å²) in [5, 5.41) is 0. The van der Waals surface area contributed by atoms with Gasteiger partial charge in [-0.1, -0.05) is 24.3 Å². The van der Waals surface area contributed by atoms with Crippen molar-refractivity contribution in [3.63, 3.8) is 0 Å². The van der Waals surface area contributed by atoms with Crippen LogP contribution in [0, 0.1) is 13.8 Å². The number of carbonyl (C=O) groups excluding carboxylic acids is 1. The lowest BCUT2D eigenvalue weighted by Gasteiger charge is -2.20. The highest BCUT2D eigenvalue weighted by Crippen LogP contribution is 2.34. The van der Waals surface area contributed by atoms with E-state index in [1.807, 2.05) is 4.90 Å². The minimum atomic E-state index is 0.232. The van der Waals surface area contributed by atoms with Gasteiger partial charge in [-0.3, -0.25) is 4.79 Å². The predicted molar refractivity (Wildman–Crippen MR) is 131 cm³/mol. The number of hydrogen-bond donors (Lipinski definition) is 0. The fourth-order valence-electron chi connectivity index (χ4n) is 5.68. The Kier molecular flexibility index (Phi) is 6.62. The molecular weight excluding hydrogens is 410 g/mol. The molecule has 0 N–H and O–H groups in total. The summed E-state index contributed by atoms with van der Waals surface area (Å²) in [6, 6.07) is 12.9. The van der Waals surface area contributed by atoms with Crippen molar-refractivity contribution < 1.29 is 14.3 Å². The second-order valence-corrected chi connectivity index (χ2v) is 10.3. The molecule has 2 aliphatic carbocycles. The first-order valence-electron chi connectivity index (χ1n) is 12.9. The van der Waals surface area contributed by atoms with Gasteiger partial charge in [-0.2, -0.15) is 0 Å². The van der Waals surface area contributed by atoms with E-state index in [9.17, 15) is 4.79 Å². The lowest BCUT2D eigenvalue weighted by atomic mass is 9.97. The number of likely N-dealkylation sites (tertiary alicyclic amines) is 1. The lowest BCUT2D eigenvalue weighted by molar-refractivity contribution is -0.128. The van der Waals surface area contributed by atoms with Crippen LogP contribution in [0.4, 0.5) is 0 Å². The molecule has 1 heterocycles. The van der Waals surface area contributed by atoms with Crippen molar-refractivity contribution in [2.45, 2.75) is 96.3 Å². The number of nitrogens with zero attached hydrogens (tertiary/aromatic N) is 1. The number of rotatable bonds is 7. The fraction of sp³-hybridized carbons (Fsp3) is 0.552. The number of hydrogen-bond acceptors (Lipinski definition) is 3. The second-order valence-electron chi connectivity index (χ2n) is 10.3. The Morgan fingerprint density at radius 1 is 0.818 bits per heavy atom. The van der Waals surface area contributed by atoms with Crippen molar-refractivity contribution in [1.82, 2.24) is 4.90 Å². The van der Waals surface area contributed by atoms with Gasteiger partial charge in [-0.25, -0.2) is 0 Å². The Morgan fingerprint density at radius 3 is 2.15 bits per heavy atom. The third-order valence-electron chi connectivity index (χ3n) is 7.70. The minimum Gasteiger partial charge on any atom is -0.490 e. The number of ether oxygens (including phenoxy) is 2. The molecule has 2 aromatic rings. The molecule has 1 aliphatic heterocycles. The summed E-state index contributed by atoms with van der Waals surface area (Å²) in [7, 11) is 0. The zero-order valence-corrected chi connectivity index (χ0v) is 20.1. The first-order valence-corrected chi connectivity index (χ1v) is 12.9. The zero-order chi connectivity index (χ0) is 22.8. The molecule has 176 valence electrons. The number of carbonyl (C=O) groups is 1. The lowest BCUT2D eigenvalue weighted by Crippen LogP contribution is -2.24. The fourth-order valence-corrected chi connectivity index (χ4v) is 5.68. The van der Waals surface area contributed by atoms with Crippen LogP contribution < -0.4 is 9.47 Å². The van der Waals surface area contributed by atoms with E-state index < -0.39 is 0 Å². The van der Waals surface area contributed by atoms with Crippen LogP contribution in [0.1, 0.15) is 86.0 Å². The SMILES string of the molecule is Cc1cc(CN2CC(c3ccc(C)c(OC4CCCC4)c3)CC2=O)ccc1OC1CCCC1. The molecular formula is C29H37NO3. The second kappa shape index (κ2) is 9.79. The molecule has 2 aromatic carbocycles. The highest BCUT2D eigenvalue weighted by Gasteiger charge is 2.31. The smallest absolute Gasteiger partial charge is 0.223 e. The molecule has 4 nitrogen and oxygen atoms in total. The van der Waals surface area contributed by atoms with Crippen LogP contribution in [0.3, 0.4) is 0 Å². The number of aryl methyl sites for hydroxylation is 2. The normalized spacial score (nSPS) is 21.8. The van der Waals surface area contributed by atoms with Gasteiger partial charge in [0.05, 0.1) is 12.2 Å². The molecule has 0 spiro atoms. The van der Waals surface area contributed by atoms with E-state index in [1.165, 1.54) is 42.4 Å². The van der Waals surface area contributed by atoms with E-state index in [-0.39, 0.29) is 11.8 Å². The van der Waals surface area contributed by atoms with Crippen LogP contribution in [0.5, 0.6) is 11.5 Å². The van der Waals surface area contributed by atoms with Gasteiger partial charge in [0.2, 0.25) is 5.91 Å². The highest BCUT2D eigenvalue weighted by molar-refractivity contribution is 5.79. The predicted octanol–water partition coefficient (Wildman–Crippen LogP) is 6.46. The van der Waals surface area contributed by atoms with Gasteiger partial charge in [0.1, 0.15) is 11.5 Å². The van der Waals surface area contributed by atoms with Gasteiger partial charge in [0.15, 0.2) is 0 Å². The Hall–Kier alpha value is -2.49. The standard InChI is InChI=1S/C29H37NO3/c1-20-11-13-23(16-28(20)33-26-9-5-6-10-26)24-17-29(31)30(19-24)18-22-12-14-27(21(2)15-22)32-25-7-3-4-8-25/h11-16,24-26H,3-10,17-19H2,1-2H3. The van der Waals surface area contributed by atoms with Crippen molar-refractivity contribution in [3.8, 4) is 11.5 Å². The van der Waals surface area contributed by atoms with Crippen LogP contribution >= 0.6 is 0 Å². The van der Waals surface area contributed by atoms with Gasteiger partial charge in [-0.15, -0.1) is 0 Å². The molecule has 33 heavy (non-hydrogen) atoms. The summed E-state index contributed by atoms with van der Waals surface area (Å²) in [4.78, 5) is 14.9. The monoisotopic (exact) mass is 447 g/mol. The van der Waals surface area contributed by atoms with Gasteiger partial charge in [0.25, 0.3) is 0 Å². The Labute approximate surface area is 198 Å². The van der Waals surface area contributed by atoms with Gasteiger partial charge >= 0.3 is 0 Å². The van der Waals surface area contributed by atoms with E-state index in [2.05, 4.69) is 50.2 Å². The van der Waals surface area contributed by atoms with E-state index in [1.54, 1.807) is 0 Å². The van der Waals surface area contributed by atoms with Crippen LogP contribution in [-0.2, 0) is 11.3 Å². The molecule has 4 heteroatoms. The average molecular weight is 448 g/mol. The summed E-state index contributed by atoms with van der Waals surface area (Å²) in [6.45, 7) is 5.66. The topological polar surface area (TPSA) is 38.8 Å². The van der Waals surface area contributed by atoms with E-state index >= 15 is 0 Å². The molecule has 1 unspecified atom stereocenters. The molecule has 0 bridgehead atoms. The molecule has 1 atom stereocenters. The number of benzene rings is 2. The zero-order valence-electron chi connectivity index (χ0n) is 20.1. The Bertz CT molecular complexity index is 988. The van der Waals surface area contributed by atoms with Crippen LogP contribution in [0.15, 0.2) is 36.4 Å². The van der Waals surface area contributed by atoms with E-state index in [0.29, 0.717) is 25.2 Å². The molecule has 1 amide bonds. The van der Waals surface area contributed by atoms with Crippen LogP contribution in [0.25, 0.3) is 0 Å². The molecule has 0 aromatic heterocycles. The van der Waals surface area contributed by atoms with Gasteiger partial charge in [-0.05, 0) is 99.6 Å². The number of amides is 1. The summed E-state index contributed by atoms with van der Waals surface area (Å²) < 4.78 is 12.5. The molecule has 3 fully saturated rings. The summed E-state index contributed by atoms with van der Waals surface area (Å²) in [5.74, 6) is 2.46. The van der Waals surface area contributed by atoms with Crippen molar-refractivity contribution in [3.05, 3.63) is 58.7 Å². The van der Waals surface area contributed by atoms with Crippen LogP contribution in [0.2, 0.25) is 0 Å². The van der Waals surface area contributed by atoms with Crippen molar-refractivity contribution in [1.29, 1.82) is 0 Å². The largest absolute Gasteiger partial charge is 0.490 e. The maximum absolute atomic E-state index is 12.8. The van der Waals surface area contributed by atoms with Gasteiger partial charge < -0.3 is 14.4 Å². The van der Waals surface area contributed by atoms with Gasteiger partial charge in [0, 0.05) is 25.4 Å². The Balaban J connectivity index is 1.23. The quantitative estimate of drug-likeness (QED) is 0.489. The molecule has 2 saturated carbocycles. The molecule has 5 rings (SSSR count). The first kappa shape index (κ1) is 22.3. The summed E-state index contributed by atoms with van der Waals surface area (Å²) in [6.07, 6.45) is 11.0. The molecule has 3 aliphatic rings. The average Bonchev–Trinajstić information content (AvgIpc) is 3.56. The van der Waals surface area contributed by atoms with Crippen LogP contribution in [-0.4, -0.2) is 29.6 Å². The maximum Gasteiger partial charge on any atom is 0.223 e. The maximum atomic E-state index is 12.8.